The number of carboxylic acids is 1. The van der Waals surface area contributed by atoms with E-state index in [1.165, 1.54) is 11.3 Å². The first-order valence-electron chi connectivity index (χ1n) is 5.98. The van der Waals surface area contributed by atoms with Crippen molar-refractivity contribution in [3.05, 3.63) is 21.4 Å². The first-order valence-corrected chi connectivity index (χ1v) is 6.80. The van der Waals surface area contributed by atoms with E-state index in [4.69, 9.17) is 14.6 Å². The van der Waals surface area contributed by atoms with E-state index in [0.29, 0.717) is 30.6 Å². The fourth-order valence-corrected chi connectivity index (χ4v) is 2.25. The highest BCUT2D eigenvalue weighted by atomic mass is 32.1. The molecule has 0 aliphatic carbocycles. The maximum atomic E-state index is 10.8. The molecule has 0 saturated carbocycles. The van der Waals surface area contributed by atoms with Crippen LogP contribution in [0.5, 0.6) is 0 Å². The van der Waals surface area contributed by atoms with Crippen molar-refractivity contribution >= 4 is 17.3 Å². The van der Waals surface area contributed by atoms with E-state index in [2.05, 4.69) is 13.8 Å². The number of carbonyl (C=O) groups is 1. The molecule has 0 aliphatic heterocycles. The Labute approximate surface area is 112 Å². The fourth-order valence-electron chi connectivity index (χ4n) is 1.39. The number of thiophene rings is 1. The zero-order valence-electron chi connectivity index (χ0n) is 11.1. The minimum Gasteiger partial charge on any atom is -0.477 e. The summed E-state index contributed by atoms with van der Waals surface area (Å²) < 4.78 is 10.9. The van der Waals surface area contributed by atoms with E-state index in [0.717, 1.165) is 17.0 Å². The zero-order chi connectivity index (χ0) is 13.5. The van der Waals surface area contributed by atoms with Gasteiger partial charge >= 0.3 is 5.97 Å². The van der Waals surface area contributed by atoms with Gasteiger partial charge < -0.3 is 14.6 Å². The van der Waals surface area contributed by atoms with Crippen molar-refractivity contribution in [2.75, 3.05) is 19.8 Å². The molecule has 0 radical (unpaired) electrons. The molecule has 1 aromatic rings. The van der Waals surface area contributed by atoms with Crippen LogP contribution in [-0.2, 0) is 16.1 Å². The Morgan fingerprint density at radius 1 is 1.39 bits per heavy atom. The zero-order valence-corrected chi connectivity index (χ0v) is 11.9. The summed E-state index contributed by atoms with van der Waals surface area (Å²) in [5.74, 6) is -0.350. The van der Waals surface area contributed by atoms with Crippen molar-refractivity contribution in [3.63, 3.8) is 0 Å². The standard InChI is InChI=1S/C13H20O4S/c1-9(2)7-16-4-5-17-8-11-6-12(13(14)15)18-10(11)3/h6,9H,4-5,7-8H2,1-3H3,(H,14,15). The maximum absolute atomic E-state index is 10.8. The van der Waals surface area contributed by atoms with E-state index >= 15 is 0 Å². The van der Waals surface area contributed by atoms with Crippen LogP contribution in [0, 0.1) is 12.8 Å². The van der Waals surface area contributed by atoms with Crippen LogP contribution in [0.4, 0.5) is 0 Å². The number of aromatic carboxylic acids is 1. The second kappa shape index (κ2) is 7.51. The Kier molecular flexibility index (Phi) is 6.32. The van der Waals surface area contributed by atoms with Crippen LogP contribution in [-0.4, -0.2) is 30.9 Å². The van der Waals surface area contributed by atoms with Crippen LogP contribution in [0.2, 0.25) is 0 Å². The Bertz CT molecular complexity index is 384. The van der Waals surface area contributed by atoms with Gasteiger partial charge in [0.25, 0.3) is 0 Å². The lowest BCUT2D eigenvalue weighted by Gasteiger charge is -2.07. The molecule has 1 N–H and O–H groups in total. The predicted molar refractivity (Wildman–Crippen MR) is 71.3 cm³/mol. The first-order chi connectivity index (χ1) is 8.50. The molecule has 0 atom stereocenters. The molecule has 1 aromatic heterocycles. The summed E-state index contributed by atoms with van der Waals surface area (Å²) in [6.07, 6.45) is 0. The highest BCUT2D eigenvalue weighted by Gasteiger charge is 2.10. The van der Waals surface area contributed by atoms with Gasteiger partial charge in [-0.2, -0.15) is 0 Å². The van der Waals surface area contributed by atoms with Crippen molar-refractivity contribution in [3.8, 4) is 0 Å². The number of hydrogen-bond acceptors (Lipinski definition) is 4. The Balaban J connectivity index is 2.25. The quantitative estimate of drug-likeness (QED) is 0.739. The van der Waals surface area contributed by atoms with Crippen LogP contribution in [0.3, 0.4) is 0 Å². The lowest BCUT2D eigenvalue weighted by molar-refractivity contribution is 0.0314. The number of ether oxygens (including phenoxy) is 2. The van der Waals surface area contributed by atoms with Gasteiger partial charge in [0.05, 0.1) is 19.8 Å². The smallest absolute Gasteiger partial charge is 0.345 e. The van der Waals surface area contributed by atoms with Gasteiger partial charge in [-0.15, -0.1) is 11.3 Å². The summed E-state index contributed by atoms with van der Waals surface area (Å²) in [5.41, 5.74) is 0.946. The molecular formula is C13H20O4S. The molecule has 0 spiro atoms. The maximum Gasteiger partial charge on any atom is 0.345 e. The van der Waals surface area contributed by atoms with Gasteiger partial charge in [0.2, 0.25) is 0 Å². The summed E-state index contributed by atoms with van der Waals surface area (Å²) in [4.78, 5) is 12.2. The third-order valence-electron chi connectivity index (χ3n) is 2.31. The molecule has 1 rings (SSSR count). The second-order valence-corrected chi connectivity index (χ2v) is 5.77. The highest BCUT2D eigenvalue weighted by Crippen LogP contribution is 2.22. The van der Waals surface area contributed by atoms with Crippen molar-refractivity contribution < 1.29 is 19.4 Å². The number of rotatable bonds is 8. The molecule has 0 unspecified atom stereocenters. The van der Waals surface area contributed by atoms with Crippen molar-refractivity contribution in [2.45, 2.75) is 27.4 Å². The number of aryl methyl sites for hydroxylation is 1. The van der Waals surface area contributed by atoms with Gasteiger partial charge in [0.1, 0.15) is 4.88 Å². The van der Waals surface area contributed by atoms with Crippen LogP contribution in [0.25, 0.3) is 0 Å². The van der Waals surface area contributed by atoms with Crippen LogP contribution in [0.1, 0.15) is 34.0 Å². The van der Waals surface area contributed by atoms with E-state index in [-0.39, 0.29) is 0 Å². The first kappa shape index (κ1) is 15.1. The monoisotopic (exact) mass is 272 g/mol. The SMILES string of the molecule is Cc1sc(C(=O)O)cc1COCCOCC(C)C. The molecule has 4 nitrogen and oxygen atoms in total. The summed E-state index contributed by atoms with van der Waals surface area (Å²) in [5, 5.41) is 8.87. The molecule has 5 heteroatoms. The molecular weight excluding hydrogens is 252 g/mol. The van der Waals surface area contributed by atoms with E-state index in [1.807, 2.05) is 6.92 Å². The summed E-state index contributed by atoms with van der Waals surface area (Å²) in [6.45, 7) is 8.40. The molecule has 0 saturated heterocycles. The average molecular weight is 272 g/mol. The van der Waals surface area contributed by atoms with Gasteiger partial charge in [-0.3, -0.25) is 0 Å². The highest BCUT2D eigenvalue weighted by molar-refractivity contribution is 7.14. The number of carboxylic acid groups (broad SMARTS) is 1. The van der Waals surface area contributed by atoms with E-state index in [1.54, 1.807) is 6.07 Å². The van der Waals surface area contributed by atoms with Crippen LogP contribution < -0.4 is 0 Å². The lowest BCUT2D eigenvalue weighted by Crippen LogP contribution is -2.08. The van der Waals surface area contributed by atoms with Gasteiger partial charge in [-0.05, 0) is 24.5 Å². The molecule has 102 valence electrons. The molecule has 1 heterocycles. The van der Waals surface area contributed by atoms with Crippen molar-refractivity contribution in [1.29, 1.82) is 0 Å². The second-order valence-electron chi connectivity index (χ2n) is 4.52. The summed E-state index contributed by atoms with van der Waals surface area (Å²) in [7, 11) is 0. The minimum absolute atomic E-state index is 0.363. The predicted octanol–water partition coefficient (Wildman–Crippen LogP) is 2.94. The Morgan fingerprint density at radius 2 is 2.06 bits per heavy atom. The van der Waals surface area contributed by atoms with Gasteiger partial charge in [0, 0.05) is 11.5 Å². The molecule has 0 fully saturated rings. The topological polar surface area (TPSA) is 55.8 Å². The van der Waals surface area contributed by atoms with Gasteiger partial charge in [0.15, 0.2) is 0 Å². The molecule has 18 heavy (non-hydrogen) atoms. The number of hydrogen-bond donors (Lipinski definition) is 1. The van der Waals surface area contributed by atoms with E-state index in [9.17, 15) is 4.79 Å². The Morgan fingerprint density at radius 3 is 2.61 bits per heavy atom. The summed E-state index contributed by atoms with van der Waals surface area (Å²) in [6, 6.07) is 1.68. The average Bonchev–Trinajstić information content (AvgIpc) is 2.65. The lowest BCUT2D eigenvalue weighted by atomic mass is 10.2. The largest absolute Gasteiger partial charge is 0.477 e. The minimum atomic E-state index is -0.880. The fraction of sp³-hybridized carbons (Fsp3) is 0.615. The van der Waals surface area contributed by atoms with E-state index < -0.39 is 5.97 Å². The molecule has 0 aromatic carbocycles. The Hall–Kier alpha value is -0.910. The third-order valence-corrected chi connectivity index (χ3v) is 3.39. The van der Waals surface area contributed by atoms with Gasteiger partial charge in [-0.25, -0.2) is 4.79 Å². The molecule has 0 amide bonds. The third kappa shape index (κ3) is 5.16. The summed E-state index contributed by atoms with van der Waals surface area (Å²) >= 11 is 1.28. The van der Waals surface area contributed by atoms with Crippen molar-refractivity contribution in [2.24, 2.45) is 5.92 Å². The van der Waals surface area contributed by atoms with Crippen LogP contribution in [0.15, 0.2) is 6.07 Å². The molecule has 0 aliphatic rings. The van der Waals surface area contributed by atoms with Crippen molar-refractivity contribution in [1.82, 2.24) is 0 Å². The van der Waals surface area contributed by atoms with Gasteiger partial charge in [-0.1, -0.05) is 13.8 Å². The normalized spacial score (nSPS) is 11.1. The molecule has 0 bridgehead atoms. The van der Waals surface area contributed by atoms with Crippen LogP contribution >= 0.6 is 11.3 Å².